The molecule has 0 unspecified atom stereocenters. The van der Waals surface area contributed by atoms with E-state index >= 15 is 0 Å². The molecule has 0 radical (unpaired) electrons. The third kappa shape index (κ3) is 1.42. The normalized spacial score (nSPS) is 10.9. The Bertz CT molecular complexity index is 567. The average Bonchev–Trinajstić information content (AvgIpc) is 2.41. The summed E-state index contributed by atoms with van der Waals surface area (Å²) in [6.07, 6.45) is -1.41. The van der Waals surface area contributed by atoms with E-state index in [0.717, 1.165) is 12.1 Å². The van der Waals surface area contributed by atoms with Gasteiger partial charge in [-0.2, -0.15) is 0 Å². The highest BCUT2D eigenvalue weighted by molar-refractivity contribution is 6.30. The Morgan fingerprint density at radius 3 is 2.60 bits per heavy atom. The number of rotatable bonds is 0. The lowest BCUT2D eigenvalue weighted by Crippen LogP contribution is -2.07. The number of imidazole rings is 1. The molecule has 0 amide bonds. The van der Waals surface area contributed by atoms with Crippen molar-refractivity contribution in [3.63, 3.8) is 0 Å². The fourth-order valence-electron chi connectivity index (χ4n) is 1.23. The summed E-state index contributed by atoms with van der Waals surface area (Å²) in [6, 6.07) is 1.52. The van der Waals surface area contributed by atoms with Crippen LogP contribution in [0.4, 0.5) is 13.6 Å². The number of hydrogen-bond acceptors (Lipinski definition) is 2. The largest absolute Gasteiger partial charge is 0.464 e. The summed E-state index contributed by atoms with van der Waals surface area (Å²) in [5.74, 6) is -2.25. The van der Waals surface area contributed by atoms with Crippen LogP contribution in [0.15, 0.2) is 12.1 Å². The van der Waals surface area contributed by atoms with Gasteiger partial charge >= 0.3 is 6.09 Å². The summed E-state index contributed by atoms with van der Waals surface area (Å²) >= 11 is 5.49. The fourth-order valence-corrected chi connectivity index (χ4v) is 1.48. The van der Waals surface area contributed by atoms with Gasteiger partial charge in [0.1, 0.15) is 0 Å². The van der Waals surface area contributed by atoms with Crippen molar-refractivity contribution in [2.75, 3.05) is 0 Å². The predicted octanol–water partition coefficient (Wildman–Crippen LogP) is 2.49. The van der Waals surface area contributed by atoms with Gasteiger partial charge in [0, 0.05) is 12.1 Å². The highest BCUT2D eigenvalue weighted by Gasteiger charge is 2.16. The summed E-state index contributed by atoms with van der Waals surface area (Å²) < 4.78 is 26.2. The molecule has 0 fully saturated rings. The van der Waals surface area contributed by atoms with Gasteiger partial charge in [-0.25, -0.2) is 23.1 Å². The fraction of sp³-hybridized carbons (Fsp3) is 0. The first-order valence-electron chi connectivity index (χ1n) is 3.77. The molecule has 0 saturated carbocycles. The van der Waals surface area contributed by atoms with Crippen LogP contribution in [0.2, 0.25) is 5.28 Å². The van der Waals surface area contributed by atoms with Gasteiger partial charge in [-0.15, -0.1) is 0 Å². The van der Waals surface area contributed by atoms with Crippen molar-refractivity contribution >= 4 is 28.7 Å². The van der Waals surface area contributed by atoms with Gasteiger partial charge in [0.2, 0.25) is 5.28 Å². The molecule has 15 heavy (non-hydrogen) atoms. The Hall–Kier alpha value is -1.69. The summed E-state index contributed by atoms with van der Waals surface area (Å²) in [4.78, 5) is 14.3. The van der Waals surface area contributed by atoms with Gasteiger partial charge < -0.3 is 5.11 Å². The van der Waals surface area contributed by atoms with Gasteiger partial charge in [0.05, 0.1) is 11.0 Å². The molecule has 1 N–H and O–H groups in total. The van der Waals surface area contributed by atoms with Crippen LogP contribution in [0, 0.1) is 11.6 Å². The second-order valence-electron chi connectivity index (χ2n) is 2.75. The number of fused-ring (bicyclic) bond motifs is 1. The average molecular weight is 233 g/mol. The zero-order valence-electron chi connectivity index (χ0n) is 7.04. The van der Waals surface area contributed by atoms with Gasteiger partial charge in [-0.05, 0) is 11.6 Å². The zero-order chi connectivity index (χ0) is 11.2. The van der Waals surface area contributed by atoms with Crippen molar-refractivity contribution in [1.29, 1.82) is 0 Å². The van der Waals surface area contributed by atoms with E-state index in [4.69, 9.17) is 16.7 Å². The number of carboxylic acid groups (broad SMARTS) is 1. The van der Waals surface area contributed by atoms with Crippen LogP contribution in [-0.4, -0.2) is 20.8 Å². The lowest BCUT2D eigenvalue weighted by molar-refractivity contribution is 0.197. The molecule has 0 saturated heterocycles. The van der Waals surface area contributed by atoms with Gasteiger partial charge in [-0.3, -0.25) is 0 Å². The van der Waals surface area contributed by atoms with Gasteiger partial charge in [-0.1, -0.05) is 0 Å². The minimum Gasteiger partial charge on any atom is -0.464 e. The van der Waals surface area contributed by atoms with E-state index in [1.807, 2.05) is 0 Å². The Morgan fingerprint density at radius 2 is 2.00 bits per heavy atom. The van der Waals surface area contributed by atoms with Crippen molar-refractivity contribution in [2.24, 2.45) is 0 Å². The molecule has 1 aromatic heterocycles. The molecule has 0 bridgehead atoms. The quantitative estimate of drug-likeness (QED) is 0.759. The molecule has 0 aliphatic rings. The standard InChI is InChI=1S/C8H3ClF2N2O2/c9-7-12-5-1-3(10)4(11)2-6(5)13(7)8(14)15/h1-2H,(H,14,15). The number of benzene rings is 1. The first kappa shape index (κ1) is 9.85. The van der Waals surface area contributed by atoms with E-state index in [9.17, 15) is 13.6 Å². The van der Waals surface area contributed by atoms with Crippen molar-refractivity contribution in [3.05, 3.63) is 29.1 Å². The molecule has 0 aliphatic heterocycles. The summed E-state index contributed by atoms with van der Waals surface area (Å²) in [5, 5.41) is 8.38. The highest BCUT2D eigenvalue weighted by Crippen LogP contribution is 2.22. The third-order valence-corrected chi connectivity index (χ3v) is 2.10. The Labute approximate surface area is 86.7 Å². The van der Waals surface area contributed by atoms with E-state index in [1.54, 1.807) is 0 Å². The van der Waals surface area contributed by atoms with Gasteiger partial charge in [0.25, 0.3) is 0 Å². The van der Waals surface area contributed by atoms with Crippen LogP contribution in [-0.2, 0) is 0 Å². The highest BCUT2D eigenvalue weighted by atomic mass is 35.5. The lowest BCUT2D eigenvalue weighted by atomic mass is 10.3. The topological polar surface area (TPSA) is 55.1 Å². The SMILES string of the molecule is O=C(O)n1c(Cl)nc2cc(F)c(F)cc21. The minimum absolute atomic E-state index is 0.0127. The number of hydrogen-bond donors (Lipinski definition) is 1. The molecular formula is C8H3ClF2N2O2. The summed E-state index contributed by atoms with van der Waals surface area (Å²) in [5.41, 5.74) is -0.104. The lowest BCUT2D eigenvalue weighted by Gasteiger charge is -1.97. The molecule has 78 valence electrons. The maximum Gasteiger partial charge on any atom is 0.418 e. The maximum atomic E-state index is 12.8. The number of carbonyl (C=O) groups is 1. The first-order valence-corrected chi connectivity index (χ1v) is 4.15. The zero-order valence-corrected chi connectivity index (χ0v) is 7.79. The van der Waals surface area contributed by atoms with Crippen LogP contribution < -0.4 is 0 Å². The minimum atomic E-state index is -1.41. The Morgan fingerprint density at radius 1 is 1.40 bits per heavy atom. The van der Waals surface area contributed by atoms with E-state index in [1.165, 1.54) is 0 Å². The molecule has 2 aromatic rings. The second kappa shape index (κ2) is 3.16. The number of halogens is 3. The second-order valence-corrected chi connectivity index (χ2v) is 3.09. The number of nitrogens with zero attached hydrogens (tertiary/aromatic N) is 2. The summed E-state index contributed by atoms with van der Waals surface area (Å²) in [7, 11) is 0. The molecule has 7 heteroatoms. The molecule has 1 heterocycles. The van der Waals surface area contributed by atoms with Crippen LogP contribution in [0.3, 0.4) is 0 Å². The van der Waals surface area contributed by atoms with Crippen LogP contribution >= 0.6 is 11.6 Å². The van der Waals surface area contributed by atoms with Crippen molar-refractivity contribution < 1.29 is 18.7 Å². The third-order valence-electron chi connectivity index (χ3n) is 1.85. The molecule has 0 atom stereocenters. The van der Waals surface area contributed by atoms with Crippen LogP contribution in [0.5, 0.6) is 0 Å². The van der Waals surface area contributed by atoms with E-state index < -0.39 is 17.7 Å². The molecule has 4 nitrogen and oxygen atoms in total. The number of aromatic nitrogens is 2. The van der Waals surface area contributed by atoms with Crippen molar-refractivity contribution in [1.82, 2.24) is 9.55 Å². The van der Waals surface area contributed by atoms with Crippen LogP contribution in [0.1, 0.15) is 0 Å². The molecular weight excluding hydrogens is 230 g/mol. The Balaban J connectivity index is 2.87. The molecule has 0 spiro atoms. The molecule has 1 aromatic carbocycles. The van der Waals surface area contributed by atoms with Gasteiger partial charge in [0.15, 0.2) is 11.6 Å². The maximum absolute atomic E-state index is 12.8. The summed E-state index contributed by atoms with van der Waals surface area (Å²) in [6.45, 7) is 0. The predicted molar refractivity (Wildman–Crippen MR) is 48.1 cm³/mol. The van der Waals surface area contributed by atoms with E-state index in [2.05, 4.69) is 4.98 Å². The van der Waals surface area contributed by atoms with Crippen molar-refractivity contribution in [2.45, 2.75) is 0 Å². The van der Waals surface area contributed by atoms with E-state index in [-0.39, 0.29) is 16.3 Å². The van der Waals surface area contributed by atoms with Crippen LogP contribution in [0.25, 0.3) is 11.0 Å². The first-order chi connectivity index (χ1) is 7.00. The van der Waals surface area contributed by atoms with Crippen molar-refractivity contribution in [3.8, 4) is 0 Å². The molecule has 0 aliphatic carbocycles. The molecule has 2 rings (SSSR count). The monoisotopic (exact) mass is 232 g/mol. The smallest absolute Gasteiger partial charge is 0.418 e. The van der Waals surface area contributed by atoms with E-state index in [0.29, 0.717) is 4.57 Å². The Kier molecular flexibility index (Phi) is 2.08.